The van der Waals surface area contributed by atoms with Crippen LogP contribution >= 0.6 is 11.8 Å². The molecule has 0 aromatic rings. The minimum Gasteiger partial charge on any atom is -0.376 e. The quantitative estimate of drug-likeness (QED) is 0.607. The molecule has 2 heteroatoms. The first-order valence-corrected chi connectivity index (χ1v) is 4.56. The average Bonchev–Trinajstić information content (AvgIpc) is 2.67. The van der Waals surface area contributed by atoms with E-state index in [1.807, 2.05) is 6.26 Å². The van der Waals surface area contributed by atoms with Crippen LogP contribution in [0.15, 0.2) is 0 Å². The number of aliphatic hydroxyl groups is 1. The summed E-state index contributed by atoms with van der Waals surface area (Å²) in [7, 11) is 0. The summed E-state index contributed by atoms with van der Waals surface area (Å²) in [6.07, 6.45) is 9.29. The van der Waals surface area contributed by atoms with Gasteiger partial charge in [0.15, 0.2) is 0 Å². The minimum atomic E-state index is -0.910. The monoisotopic (exact) mass is 156 g/mol. The third kappa shape index (κ3) is 0.941. The molecule has 1 N–H and O–H groups in total. The third-order valence-corrected chi connectivity index (χ3v) is 3.85. The predicted molar refractivity (Wildman–Crippen MR) is 44.9 cm³/mol. The highest BCUT2D eigenvalue weighted by Crippen LogP contribution is 2.54. The zero-order valence-electron chi connectivity index (χ0n) is 6.35. The fraction of sp³-hybridized carbons (Fsp3) is 0.750. The van der Waals surface area contributed by atoms with Crippen molar-refractivity contribution in [2.45, 2.75) is 30.1 Å². The summed E-state index contributed by atoms with van der Waals surface area (Å²) in [4.78, 5) is 0. The molecular formula is C8H12OS. The van der Waals surface area contributed by atoms with E-state index in [1.54, 1.807) is 18.7 Å². The van der Waals surface area contributed by atoms with Crippen LogP contribution in [0.4, 0.5) is 0 Å². The summed E-state index contributed by atoms with van der Waals surface area (Å²) in [6, 6.07) is 0. The van der Waals surface area contributed by atoms with Gasteiger partial charge in [-0.1, -0.05) is 5.92 Å². The molecule has 0 heterocycles. The molecule has 1 fully saturated rings. The summed E-state index contributed by atoms with van der Waals surface area (Å²) in [5, 5.41) is 9.66. The first-order chi connectivity index (χ1) is 4.58. The average molecular weight is 156 g/mol. The van der Waals surface area contributed by atoms with Gasteiger partial charge in [0, 0.05) is 0 Å². The molecule has 0 unspecified atom stereocenters. The van der Waals surface area contributed by atoms with Crippen LogP contribution in [-0.2, 0) is 0 Å². The van der Waals surface area contributed by atoms with Crippen LogP contribution in [0.3, 0.4) is 0 Å². The topological polar surface area (TPSA) is 20.2 Å². The van der Waals surface area contributed by atoms with Crippen LogP contribution in [0, 0.1) is 12.3 Å². The van der Waals surface area contributed by atoms with Crippen molar-refractivity contribution < 1.29 is 5.11 Å². The van der Waals surface area contributed by atoms with Crippen molar-refractivity contribution in [2.24, 2.45) is 0 Å². The molecule has 0 amide bonds. The highest BCUT2D eigenvalue weighted by atomic mass is 32.2. The van der Waals surface area contributed by atoms with Gasteiger partial charge in [-0.3, -0.25) is 0 Å². The summed E-state index contributed by atoms with van der Waals surface area (Å²) >= 11 is 1.68. The molecule has 1 rings (SSSR count). The van der Waals surface area contributed by atoms with Crippen molar-refractivity contribution in [1.82, 2.24) is 0 Å². The largest absolute Gasteiger partial charge is 0.376 e. The van der Waals surface area contributed by atoms with E-state index in [1.165, 1.54) is 0 Å². The molecule has 0 aromatic carbocycles. The Kier molecular flexibility index (Phi) is 1.74. The van der Waals surface area contributed by atoms with E-state index in [2.05, 4.69) is 5.92 Å². The van der Waals surface area contributed by atoms with Crippen LogP contribution in [0.2, 0.25) is 0 Å². The standard InChI is InChI=1S/C8H12OS/c1-4-7(2,9)8(10-3)5-6-8/h1,9H,5-6H2,2-3H3/t7-/m1/s1. The Morgan fingerprint density at radius 1 is 1.70 bits per heavy atom. The molecule has 1 saturated carbocycles. The van der Waals surface area contributed by atoms with E-state index in [9.17, 15) is 5.11 Å². The molecule has 1 aliphatic rings. The summed E-state index contributed by atoms with van der Waals surface area (Å²) in [6.45, 7) is 1.72. The molecule has 1 nitrogen and oxygen atoms in total. The third-order valence-electron chi connectivity index (χ3n) is 2.26. The number of rotatable bonds is 2. The molecule has 0 spiro atoms. The lowest BCUT2D eigenvalue weighted by Gasteiger charge is -2.25. The number of hydrogen-bond acceptors (Lipinski definition) is 2. The Hall–Kier alpha value is -0.130. The molecule has 0 radical (unpaired) electrons. The fourth-order valence-corrected chi connectivity index (χ4v) is 2.10. The Morgan fingerprint density at radius 3 is 2.30 bits per heavy atom. The van der Waals surface area contributed by atoms with Crippen molar-refractivity contribution >= 4 is 11.8 Å². The van der Waals surface area contributed by atoms with E-state index < -0.39 is 5.60 Å². The molecule has 1 atom stereocenters. The Morgan fingerprint density at radius 2 is 2.20 bits per heavy atom. The van der Waals surface area contributed by atoms with Crippen molar-refractivity contribution in [2.75, 3.05) is 6.26 Å². The molecule has 1 aliphatic carbocycles. The first-order valence-electron chi connectivity index (χ1n) is 3.33. The fourth-order valence-electron chi connectivity index (χ4n) is 1.13. The molecule has 0 bridgehead atoms. The molecule has 0 aromatic heterocycles. The van der Waals surface area contributed by atoms with Crippen molar-refractivity contribution in [3.63, 3.8) is 0 Å². The van der Waals surface area contributed by atoms with Crippen LogP contribution in [0.5, 0.6) is 0 Å². The lowest BCUT2D eigenvalue weighted by Crippen LogP contribution is -2.37. The maximum absolute atomic E-state index is 9.66. The van der Waals surface area contributed by atoms with Gasteiger partial charge in [-0.05, 0) is 26.0 Å². The highest BCUT2D eigenvalue weighted by Gasteiger charge is 2.55. The summed E-state index contributed by atoms with van der Waals surface area (Å²) in [5.74, 6) is 2.43. The lowest BCUT2D eigenvalue weighted by atomic mass is 10.0. The predicted octanol–water partition coefficient (Wildman–Crippen LogP) is 1.27. The van der Waals surface area contributed by atoms with Crippen LogP contribution in [0.25, 0.3) is 0 Å². The maximum Gasteiger partial charge on any atom is 0.136 e. The second kappa shape index (κ2) is 2.18. The number of hydrogen-bond donors (Lipinski definition) is 1. The molecule has 0 aliphatic heterocycles. The van der Waals surface area contributed by atoms with Gasteiger partial charge in [0.05, 0.1) is 4.75 Å². The van der Waals surface area contributed by atoms with Crippen LogP contribution in [0.1, 0.15) is 19.8 Å². The molecule has 56 valence electrons. The van der Waals surface area contributed by atoms with E-state index in [0.717, 1.165) is 12.8 Å². The SMILES string of the molecule is C#C[C@@](C)(O)C1(SC)CC1. The van der Waals surface area contributed by atoms with Gasteiger partial charge in [0.2, 0.25) is 0 Å². The lowest BCUT2D eigenvalue weighted by molar-refractivity contribution is 0.112. The van der Waals surface area contributed by atoms with Crippen molar-refractivity contribution in [3.8, 4) is 12.3 Å². The second-order valence-corrected chi connectivity index (χ2v) is 4.10. The highest BCUT2D eigenvalue weighted by molar-refractivity contribution is 8.00. The Labute approximate surface area is 66.2 Å². The first kappa shape index (κ1) is 7.97. The van der Waals surface area contributed by atoms with Gasteiger partial charge in [-0.15, -0.1) is 6.42 Å². The van der Waals surface area contributed by atoms with Gasteiger partial charge >= 0.3 is 0 Å². The van der Waals surface area contributed by atoms with E-state index in [0.29, 0.717) is 0 Å². The summed E-state index contributed by atoms with van der Waals surface area (Å²) < 4.78 is -0.0260. The number of terminal acetylenes is 1. The van der Waals surface area contributed by atoms with E-state index in [4.69, 9.17) is 6.42 Å². The Balaban J connectivity index is 2.74. The molecular weight excluding hydrogens is 144 g/mol. The van der Waals surface area contributed by atoms with Crippen molar-refractivity contribution in [3.05, 3.63) is 0 Å². The second-order valence-electron chi connectivity index (χ2n) is 2.91. The zero-order valence-corrected chi connectivity index (χ0v) is 7.16. The number of thioether (sulfide) groups is 1. The Bertz CT molecular complexity index is 174. The van der Waals surface area contributed by atoms with Gasteiger partial charge < -0.3 is 5.11 Å². The van der Waals surface area contributed by atoms with Crippen molar-refractivity contribution in [1.29, 1.82) is 0 Å². The van der Waals surface area contributed by atoms with Gasteiger partial charge in [-0.2, -0.15) is 11.8 Å². The van der Waals surface area contributed by atoms with E-state index >= 15 is 0 Å². The summed E-state index contributed by atoms with van der Waals surface area (Å²) in [5.41, 5.74) is -0.910. The van der Waals surface area contributed by atoms with E-state index in [-0.39, 0.29) is 4.75 Å². The van der Waals surface area contributed by atoms with Gasteiger partial charge in [0.1, 0.15) is 5.60 Å². The smallest absolute Gasteiger partial charge is 0.136 e. The molecule has 0 saturated heterocycles. The van der Waals surface area contributed by atoms with Gasteiger partial charge in [-0.25, -0.2) is 0 Å². The van der Waals surface area contributed by atoms with Gasteiger partial charge in [0.25, 0.3) is 0 Å². The van der Waals surface area contributed by atoms with Crippen LogP contribution in [-0.4, -0.2) is 21.7 Å². The normalized spacial score (nSPS) is 26.6. The van der Waals surface area contributed by atoms with Crippen LogP contribution < -0.4 is 0 Å². The zero-order chi connectivity index (χ0) is 7.83. The molecule has 10 heavy (non-hydrogen) atoms. The maximum atomic E-state index is 9.66. The minimum absolute atomic E-state index is 0.0260.